The fraction of sp³-hybridized carbons (Fsp3) is 0.133. The standard InChI is InChI=1S/C15H13BrN2O2.C15H11BrN2O/c1-15(19)13(10-4-6-12(16)7-5-10)14(18-20-15)11-3-2-8-17-9-11;1-10-14(11-4-6-13(16)7-5-11)15(18-19-10)12-3-2-8-17-9-12/h2-9,13,19H,1H3;2-9H,1H3. The van der Waals surface area contributed by atoms with E-state index in [0.717, 1.165) is 48.2 Å². The first kappa shape index (κ1) is 26.9. The number of halogens is 2. The molecule has 0 fully saturated rings. The van der Waals surface area contributed by atoms with Crippen molar-refractivity contribution in [3.8, 4) is 22.4 Å². The van der Waals surface area contributed by atoms with Crippen LogP contribution in [0.1, 0.15) is 29.7 Å². The number of aliphatic hydroxyl groups is 1. The lowest BCUT2D eigenvalue weighted by Crippen LogP contribution is -2.34. The number of hydrogen-bond donors (Lipinski definition) is 1. The van der Waals surface area contributed by atoms with Gasteiger partial charge in [0.1, 0.15) is 17.2 Å². The number of oxime groups is 1. The smallest absolute Gasteiger partial charge is 0.244 e. The van der Waals surface area contributed by atoms with Crippen LogP contribution in [-0.2, 0) is 4.84 Å². The second-order valence-electron chi connectivity index (χ2n) is 9.06. The largest absolute Gasteiger partial charge is 0.360 e. The van der Waals surface area contributed by atoms with E-state index < -0.39 is 5.79 Å². The molecule has 2 aromatic carbocycles. The topological polar surface area (TPSA) is 93.6 Å². The molecule has 3 aromatic heterocycles. The van der Waals surface area contributed by atoms with Crippen molar-refractivity contribution in [3.63, 3.8) is 0 Å². The van der Waals surface area contributed by atoms with Crippen LogP contribution >= 0.6 is 31.9 Å². The maximum Gasteiger partial charge on any atom is 0.244 e. The van der Waals surface area contributed by atoms with Crippen molar-refractivity contribution in [3.05, 3.63) is 123 Å². The van der Waals surface area contributed by atoms with Gasteiger partial charge in [0.25, 0.3) is 0 Å². The molecule has 1 aliphatic rings. The number of aromatic nitrogens is 3. The summed E-state index contributed by atoms with van der Waals surface area (Å²) in [5, 5.41) is 18.7. The zero-order valence-corrected chi connectivity index (χ0v) is 24.3. The van der Waals surface area contributed by atoms with Gasteiger partial charge in [-0.15, -0.1) is 0 Å². The summed E-state index contributed by atoms with van der Waals surface area (Å²) >= 11 is 6.85. The van der Waals surface area contributed by atoms with Gasteiger partial charge in [0.2, 0.25) is 5.79 Å². The van der Waals surface area contributed by atoms with Crippen molar-refractivity contribution < 1.29 is 14.5 Å². The summed E-state index contributed by atoms with van der Waals surface area (Å²) in [5.41, 5.74) is 6.36. The molecule has 1 aliphatic heterocycles. The number of pyridine rings is 2. The van der Waals surface area contributed by atoms with E-state index in [4.69, 9.17) is 9.36 Å². The molecule has 1 N–H and O–H groups in total. The number of benzene rings is 2. The van der Waals surface area contributed by atoms with Gasteiger partial charge in [-0.05, 0) is 66.6 Å². The molecule has 0 saturated carbocycles. The van der Waals surface area contributed by atoms with Crippen molar-refractivity contribution in [2.45, 2.75) is 25.6 Å². The van der Waals surface area contributed by atoms with E-state index in [9.17, 15) is 5.11 Å². The molecule has 0 aliphatic carbocycles. The first-order valence-electron chi connectivity index (χ1n) is 12.1. The zero-order valence-electron chi connectivity index (χ0n) is 21.1. The average Bonchev–Trinajstić information content (AvgIpc) is 3.50. The third-order valence-corrected chi connectivity index (χ3v) is 7.29. The molecule has 4 heterocycles. The van der Waals surface area contributed by atoms with Crippen LogP contribution in [0.3, 0.4) is 0 Å². The summed E-state index contributed by atoms with van der Waals surface area (Å²) in [6, 6.07) is 23.5. The molecule has 0 radical (unpaired) electrons. The Kier molecular flexibility index (Phi) is 8.02. The Labute approximate surface area is 242 Å². The van der Waals surface area contributed by atoms with E-state index in [2.05, 4.69) is 52.1 Å². The third-order valence-electron chi connectivity index (χ3n) is 6.23. The Bertz CT molecular complexity index is 1570. The van der Waals surface area contributed by atoms with E-state index in [1.807, 2.05) is 79.7 Å². The maximum atomic E-state index is 10.4. The predicted octanol–water partition coefficient (Wildman–Crippen LogP) is 7.55. The van der Waals surface area contributed by atoms with E-state index in [0.29, 0.717) is 5.71 Å². The van der Waals surface area contributed by atoms with Crippen molar-refractivity contribution in [2.24, 2.45) is 5.16 Å². The van der Waals surface area contributed by atoms with Crippen LogP contribution < -0.4 is 0 Å². The fourth-order valence-electron chi connectivity index (χ4n) is 4.39. The highest BCUT2D eigenvalue weighted by atomic mass is 79.9. The molecule has 5 aromatic rings. The molecule has 0 saturated heterocycles. The molecular weight excluding hydrogens is 624 g/mol. The van der Waals surface area contributed by atoms with Crippen molar-refractivity contribution in [1.82, 2.24) is 15.1 Å². The van der Waals surface area contributed by atoms with Gasteiger partial charge in [-0.2, -0.15) is 0 Å². The highest BCUT2D eigenvalue weighted by Gasteiger charge is 2.45. The van der Waals surface area contributed by atoms with Gasteiger partial charge >= 0.3 is 0 Å². The first-order valence-corrected chi connectivity index (χ1v) is 13.7. The van der Waals surface area contributed by atoms with Crippen LogP contribution in [-0.4, -0.2) is 31.7 Å². The molecule has 0 spiro atoms. The van der Waals surface area contributed by atoms with E-state index in [1.165, 1.54) is 0 Å². The van der Waals surface area contributed by atoms with E-state index >= 15 is 0 Å². The Morgan fingerprint density at radius 1 is 0.795 bits per heavy atom. The summed E-state index contributed by atoms with van der Waals surface area (Å²) in [6.07, 6.45) is 6.96. The van der Waals surface area contributed by atoms with Gasteiger partial charge < -0.3 is 14.5 Å². The minimum atomic E-state index is -1.36. The first-order chi connectivity index (χ1) is 18.8. The molecule has 9 heteroatoms. The van der Waals surface area contributed by atoms with Crippen LogP contribution in [0.25, 0.3) is 22.4 Å². The molecule has 0 amide bonds. The Balaban J connectivity index is 0.000000158. The summed E-state index contributed by atoms with van der Waals surface area (Å²) in [6.45, 7) is 3.54. The molecule has 196 valence electrons. The van der Waals surface area contributed by atoms with Gasteiger partial charge in [0, 0.05) is 51.8 Å². The van der Waals surface area contributed by atoms with Gasteiger partial charge in [0.15, 0.2) is 0 Å². The molecule has 0 bridgehead atoms. The molecule has 7 nitrogen and oxygen atoms in total. The van der Waals surface area contributed by atoms with Crippen LogP contribution in [0.5, 0.6) is 0 Å². The van der Waals surface area contributed by atoms with Gasteiger partial charge in [-0.3, -0.25) is 9.97 Å². The van der Waals surface area contributed by atoms with Gasteiger partial charge in [0.05, 0.1) is 11.5 Å². The SMILES string of the molecule is CC1(O)ON=C(c2cccnc2)C1c1ccc(Br)cc1.Cc1onc(-c2cccnc2)c1-c1ccc(Br)cc1. The van der Waals surface area contributed by atoms with E-state index in [1.54, 1.807) is 31.7 Å². The number of hydrogen-bond acceptors (Lipinski definition) is 7. The van der Waals surface area contributed by atoms with Crippen molar-refractivity contribution in [2.75, 3.05) is 0 Å². The normalized spacial score (nSPS) is 18.1. The molecule has 2 atom stereocenters. The van der Waals surface area contributed by atoms with Crippen molar-refractivity contribution in [1.29, 1.82) is 0 Å². The average molecular weight is 648 g/mol. The highest BCUT2D eigenvalue weighted by Crippen LogP contribution is 2.38. The minimum absolute atomic E-state index is 0.347. The Morgan fingerprint density at radius 2 is 1.38 bits per heavy atom. The van der Waals surface area contributed by atoms with Crippen LogP contribution in [0.4, 0.5) is 0 Å². The maximum absolute atomic E-state index is 10.4. The molecule has 39 heavy (non-hydrogen) atoms. The quantitative estimate of drug-likeness (QED) is 0.217. The van der Waals surface area contributed by atoms with Crippen LogP contribution in [0.15, 0.2) is 116 Å². The zero-order chi connectivity index (χ0) is 27.4. The molecule has 6 rings (SSSR count). The Hall–Kier alpha value is -3.66. The molecule has 2 unspecified atom stereocenters. The third kappa shape index (κ3) is 6.00. The van der Waals surface area contributed by atoms with E-state index in [-0.39, 0.29) is 5.92 Å². The lowest BCUT2D eigenvalue weighted by molar-refractivity contribution is -0.179. The lowest BCUT2D eigenvalue weighted by Gasteiger charge is -2.24. The Morgan fingerprint density at radius 3 is 1.97 bits per heavy atom. The highest BCUT2D eigenvalue weighted by molar-refractivity contribution is 9.10. The summed E-state index contributed by atoms with van der Waals surface area (Å²) in [5.74, 6) is -0.903. The van der Waals surface area contributed by atoms with Crippen molar-refractivity contribution >= 4 is 37.6 Å². The second-order valence-corrected chi connectivity index (χ2v) is 10.9. The summed E-state index contributed by atoms with van der Waals surface area (Å²) < 4.78 is 7.38. The number of nitrogens with zero attached hydrogens (tertiary/aromatic N) is 4. The lowest BCUT2D eigenvalue weighted by atomic mass is 9.85. The monoisotopic (exact) mass is 646 g/mol. The van der Waals surface area contributed by atoms with Crippen LogP contribution in [0, 0.1) is 6.92 Å². The number of aryl methyl sites for hydroxylation is 1. The summed E-state index contributed by atoms with van der Waals surface area (Å²) in [4.78, 5) is 13.4. The summed E-state index contributed by atoms with van der Waals surface area (Å²) in [7, 11) is 0. The van der Waals surface area contributed by atoms with Crippen LogP contribution in [0.2, 0.25) is 0 Å². The fourth-order valence-corrected chi connectivity index (χ4v) is 4.91. The minimum Gasteiger partial charge on any atom is -0.360 e. The van der Waals surface area contributed by atoms with Gasteiger partial charge in [-0.1, -0.05) is 66.4 Å². The second kappa shape index (κ2) is 11.6. The predicted molar refractivity (Wildman–Crippen MR) is 157 cm³/mol. The number of rotatable bonds is 4. The van der Waals surface area contributed by atoms with Gasteiger partial charge in [-0.25, -0.2) is 0 Å². The molecular formula is C30H24Br2N4O3.